The molecule has 3 aromatic carbocycles. The van der Waals surface area contributed by atoms with Gasteiger partial charge in [-0.05, 0) is 35.4 Å². The lowest BCUT2D eigenvalue weighted by atomic mass is 10.2. The molecule has 0 spiro atoms. The minimum absolute atomic E-state index is 0.256. The van der Waals surface area contributed by atoms with Crippen molar-refractivity contribution in [1.82, 2.24) is 9.62 Å². The minimum Gasteiger partial charge on any atom is -0.492 e. The third kappa shape index (κ3) is 6.92. The van der Waals surface area contributed by atoms with Crippen LogP contribution in [0.25, 0.3) is 0 Å². The number of nitrogens with zero attached hydrogens (tertiary/aromatic N) is 1. The zero-order valence-corrected chi connectivity index (χ0v) is 18.9. The van der Waals surface area contributed by atoms with Gasteiger partial charge < -0.3 is 10.1 Å². The van der Waals surface area contributed by atoms with Crippen molar-refractivity contribution in [2.45, 2.75) is 37.9 Å². The lowest BCUT2D eigenvalue weighted by molar-refractivity contribution is 0.308. The van der Waals surface area contributed by atoms with Crippen LogP contribution < -0.4 is 10.1 Å². The second-order valence-electron chi connectivity index (χ2n) is 7.67. The van der Waals surface area contributed by atoms with Gasteiger partial charge in [0, 0.05) is 25.7 Å². The molecule has 0 fully saturated rings. The van der Waals surface area contributed by atoms with Crippen LogP contribution in [0.3, 0.4) is 0 Å². The molecule has 3 rings (SSSR count). The SMILES string of the molecule is CC(C)NCCOc1ccc(S(=O)(=O)N(Cc2ccccc2)Cc2ccccc2)cc1. The van der Waals surface area contributed by atoms with Crippen LogP contribution >= 0.6 is 0 Å². The Morgan fingerprint density at radius 2 is 1.32 bits per heavy atom. The maximum absolute atomic E-state index is 13.5. The van der Waals surface area contributed by atoms with Gasteiger partial charge in [0.1, 0.15) is 12.4 Å². The number of sulfonamides is 1. The Labute approximate surface area is 185 Å². The van der Waals surface area contributed by atoms with Crippen LogP contribution in [0, 0.1) is 0 Å². The summed E-state index contributed by atoms with van der Waals surface area (Å²) in [6.07, 6.45) is 0. The fraction of sp³-hybridized carbons (Fsp3) is 0.280. The van der Waals surface area contributed by atoms with E-state index in [1.165, 1.54) is 4.31 Å². The van der Waals surface area contributed by atoms with Crippen LogP contribution in [0.4, 0.5) is 0 Å². The molecule has 0 saturated carbocycles. The van der Waals surface area contributed by atoms with Gasteiger partial charge in [-0.25, -0.2) is 8.42 Å². The van der Waals surface area contributed by atoms with Gasteiger partial charge in [0.25, 0.3) is 0 Å². The predicted molar refractivity (Wildman–Crippen MR) is 124 cm³/mol. The van der Waals surface area contributed by atoms with Gasteiger partial charge in [0.05, 0.1) is 4.90 Å². The van der Waals surface area contributed by atoms with Crippen LogP contribution in [-0.4, -0.2) is 31.9 Å². The summed E-state index contributed by atoms with van der Waals surface area (Å²) in [7, 11) is -3.69. The topological polar surface area (TPSA) is 58.6 Å². The molecule has 31 heavy (non-hydrogen) atoms. The normalized spacial score (nSPS) is 11.7. The predicted octanol–water partition coefficient (Wildman–Crippen LogP) is 4.45. The first kappa shape index (κ1) is 23.0. The van der Waals surface area contributed by atoms with Crippen LogP contribution in [0.5, 0.6) is 5.75 Å². The van der Waals surface area contributed by atoms with Crippen molar-refractivity contribution in [3.63, 3.8) is 0 Å². The molecular weight excluding hydrogens is 408 g/mol. The van der Waals surface area contributed by atoms with Crippen molar-refractivity contribution in [1.29, 1.82) is 0 Å². The van der Waals surface area contributed by atoms with E-state index >= 15 is 0 Å². The Morgan fingerprint density at radius 1 is 0.806 bits per heavy atom. The Bertz CT molecular complexity index is 980. The second-order valence-corrected chi connectivity index (χ2v) is 9.61. The smallest absolute Gasteiger partial charge is 0.243 e. The van der Waals surface area contributed by atoms with E-state index in [1.54, 1.807) is 24.3 Å². The van der Waals surface area contributed by atoms with Crippen molar-refractivity contribution in [3.05, 3.63) is 96.1 Å². The van der Waals surface area contributed by atoms with E-state index in [-0.39, 0.29) is 4.90 Å². The third-order valence-corrected chi connectivity index (χ3v) is 6.59. The summed E-state index contributed by atoms with van der Waals surface area (Å²) in [6, 6.07) is 26.3. The largest absolute Gasteiger partial charge is 0.492 e. The molecule has 164 valence electrons. The molecule has 0 atom stereocenters. The molecule has 6 heteroatoms. The first-order chi connectivity index (χ1) is 14.9. The zero-order chi connectivity index (χ0) is 22.1. The van der Waals surface area contributed by atoms with Crippen molar-refractivity contribution in [3.8, 4) is 5.75 Å². The summed E-state index contributed by atoms with van der Waals surface area (Å²) in [5.41, 5.74) is 1.89. The molecule has 0 heterocycles. The van der Waals surface area contributed by atoms with E-state index in [0.29, 0.717) is 31.5 Å². The van der Waals surface area contributed by atoms with Gasteiger partial charge in [-0.1, -0.05) is 74.5 Å². The van der Waals surface area contributed by atoms with Crippen molar-refractivity contribution >= 4 is 10.0 Å². The summed E-state index contributed by atoms with van der Waals surface area (Å²) in [5.74, 6) is 0.655. The van der Waals surface area contributed by atoms with Crippen LogP contribution in [-0.2, 0) is 23.1 Å². The summed E-state index contributed by atoms with van der Waals surface area (Å²) in [5, 5.41) is 3.29. The molecular formula is C25H30N2O3S. The fourth-order valence-electron chi connectivity index (χ4n) is 3.17. The molecule has 0 aliphatic heterocycles. The molecule has 0 saturated heterocycles. The fourth-order valence-corrected chi connectivity index (χ4v) is 4.59. The molecule has 0 bridgehead atoms. The number of benzene rings is 3. The van der Waals surface area contributed by atoms with E-state index < -0.39 is 10.0 Å². The average molecular weight is 439 g/mol. The highest BCUT2D eigenvalue weighted by atomic mass is 32.2. The lowest BCUT2D eigenvalue weighted by Crippen LogP contribution is -2.30. The third-order valence-electron chi connectivity index (χ3n) is 4.79. The molecule has 0 aliphatic rings. The zero-order valence-electron chi connectivity index (χ0n) is 18.1. The number of rotatable bonds is 11. The van der Waals surface area contributed by atoms with Crippen LogP contribution in [0.2, 0.25) is 0 Å². The van der Waals surface area contributed by atoms with Crippen molar-refractivity contribution < 1.29 is 13.2 Å². The van der Waals surface area contributed by atoms with Crippen molar-refractivity contribution in [2.24, 2.45) is 0 Å². The quantitative estimate of drug-likeness (QED) is 0.449. The number of hydrogen-bond donors (Lipinski definition) is 1. The lowest BCUT2D eigenvalue weighted by Gasteiger charge is -2.23. The first-order valence-corrected chi connectivity index (χ1v) is 11.9. The summed E-state index contributed by atoms with van der Waals surface area (Å²) in [6.45, 7) is 6.03. The standard InChI is InChI=1S/C25H30N2O3S/c1-21(2)26-17-18-30-24-13-15-25(16-14-24)31(28,29)27(19-22-9-5-3-6-10-22)20-23-11-7-4-8-12-23/h3-16,21,26H,17-20H2,1-2H3. The second kappa shape index (κ2) is 11.1. The van der Waals surface area contributed by atoms with Crippen LogP contribution in [0.15, 0.2) is 89.8 Å². The van der Waals surface area contributed by atoms with E-state index in [2.05, 4.69) is 19.2 Å². The van der Waals surface area contributed by atoms with Gasteiger partial charge in [-0.3, -0.25) is 0 Å². The molecule has 0 unspecified atom stereocenters. The van der Waals surface area contributed by atoms with Crippen molar-refractivity contribution in [2.75, 3.05) is 13.2 Å². The molecule has 3 aromatic rings. The number of nitrogens with one attached hydrogen (secondary N) is 1. The molecule has 0 amide bonds. The highest BCUT2D eigenvalue weighted by molar-refractivity contribution is 7.89. The van der Waals surface area contributed by atoms with E-state index in [9.17, 15) is 8.42 Å². The van der Waals surface area contributed by atoms with E-state index in [0.717, 1.165) is 17.7 Å². The van der Waals surface area contributed by atoms with E-state index in [1.807, 2.05) is 60.7 Å². The van der Waals surface area contributed by atoms with Gasteiger partial charge >= 0.3 is 0 Å². The monoisotopic (exact) mass is 438 g/mol. The summed E-state index contributed by atoms with van der Waals surface area (Å²) >= 11 is 0. The number of ether oxygens (including phenoxy) is 1. The number of hydrogen-bond acceptors (Lipinski definition) is 4. The van der Waals surface area contributed by atoms with E-state index in [4.69, 9.17) is 4.74 Å². The van der Waals surface area contributed by atoms with Gasteiger partial charge in [0.2, 0.25) is 10.0 Å². The highest BCUT2D eigenvalue weighted by Crippen LogP contribution is 2.23. The molecule has 0 aliphatic carbocycles. The Hall–Kier alpha value is -2.67. The summed E-state index contributed by atoms with van der Waals surface area (Å²) < 4.78 is 34.1. The Morgan fingerprint density at radius 3 is 1.81 bits per heavy atom. The maximum Gasteiger partial charge on any atom is 0.243 e. The minimum atomic E-state index is -3.69. The Kier molecular flexibility index (Phi) is 8.23. The van der Waals surface area contributed by atoms with Gasteiger partial charge in [-0.2, -0.15) is 4.31 Å². The molecule has 5 nitrogen and oxygen atoms in total. The Balaban J connectivity index is 1.77. The summed E-state index contributed by atoms with van der Waals surface area (Å²) in [4.78, 5) is 0.256. The van der Waals surface area contributed by atoms with Crippen LogP contribution in [0.1, 0.15) is 25.0 Å². The van der Waals surface area contributed by atoms with Gasteiger partial charge in [0.15, 0.2) is 0 Å². The molecule has 0 aromatic heterocycles. The maximum atomic E-state index is 13.5. The average Bonchev–Trinajstić information content (AvgIpc) is 2.78. The molecule has 1 N–H and O–H groups in total. The highest BCUT2D eigenvalue weighted by Gasteiger charge is 2.25. The molecule has 0 radical (unpaired) electrons. The van der Waals surface area contributed by atoms with Gasteiger partial charge in [-0.15, -0.1) is 0 Å². The first-order valence-electron chi connectivity index (χ1n) is 10.5.